The van der Waals surface area contributed by atoms with Crippen LogP contribution in [-0.2, 0) is 10.9 Å². The average Bonchev–Trinajstić information content (AvgIpc) is 2.93. The molecule has 11 heteroatoms. The molecule has 8 nitrogen and oxygen atoms in total. The molecule has 0 atom stereocenters. The van der Waals surface area contributed by atoms with Gasteiger partial charge in [-0.15, -0.1) is 0 Å². The molecular weight excluding hydrogens is 497 g/mol. The van der Waals surface area contributed by atoms with Gasteiger partial charge in [0.2, 0.25) is 0 Å². The van der Waals surface area contributed by atoms with Crippen LogP contribution >= 0.6 is 0 Å². The highest BCUT2D eigenvalue weighted by molar-refractivity contribution is 5.94. The van der Waals surface area contributed by atoms with E-state index in [1.165, 1.54) is 7.11 Å². The minimum absolute atomic E-state index is 0.0774. The van der Waals surface area contributed by atoms with E-state index < -0.39 is 11.7 Å². The first-order valence-corrected chi connectivity index (χ1v) is 11.9. The number of nitrogen functional groups attached to an aromatic ring is 1. The fraction of sp³-hybridized carbons (Fsp3) is 0.222. The first-order chi connectivity index (χ1) is 18.4. The number of anilines is 4. The van der Waals surface area contributed by atoms with Crippen molar-refractivity contribution in [3.05, 3.63) is 72.7 Å². The number of nitrogens with zero attached hydrogens (tertiary/aromatic N) is 4. The normalized spacial score (nSPS) is 13.8. The Labute approximate surface area is 217 Å². The lowest BCUT2D eigenvalue weighted by Crippen LogP contribution is -2.36. The molecule has 1 saturated heterocycles. The summed E-state index contributed by atoms with van der Waals surface area (Å²) in [7, 11) is 1.47. The molecule has 0 bridgehead atoms. The van der Waals surface area contributed by atoms with Crippen LogP contribution in [-0.4, -0.2) is 48.4 Å². The maximum absolute atomic E-state index is 14.3. The molecule has 1 aliphatic heterocycles. The molecule has 196 valence electrons. The Balaban J connectivity index is 1.67. The summed E-state index contributed by atoms with van der Waals surface area (Å²) in [6.07, 6.45) is -0.845. The summed E-state index contributed by atoms with van der Waals surface area (Å²) in [5.74, 6) is 0.649. The maximum Gasteiger partial charge on any atom is 0.419 e. The van der Waals surface area contributed by atoms with E-state index in [0.717, 1.165) is 11.9 Å². The minimum atomic E-state index is -4.71. The van der Waals surface area contributed by atoms with Gasteiger partial charge >= 0.3 is 6.18 Å². The van der Waals surface area contributed by atoms with Gasteiger partial charge in [-0.05, 0) is 30.3 Å². The Hall–Kier alpha value is -4.38. The van der Waals surface area contributed by atoms with Gasteiger partial charge in [-0.1, -0.05) is 12.1 Å². The Morgan fingerprint density at radius 1 is 0.974 bits per heavy atom. The average molecular weight is 523 g/mol. The van der Waals surface area contributed by atoms with Crippen LogP contribution in [0.1, 0.15) is 5.56 Å². The number of morpholine rings is 1. The first kappa shape index (κ1) is 25.3. The van der Waals surface area contributed by atoms with E-state index in [1.54, 1.807) is 54.9 Å². The van der Waals surface area contributed by atoms with Crippen molar-refractivity contribution >= 4 is 22.9 Å². The molecule has 2 aromatic heterocycles. The highest BCUT2D eigenvalue weighted by Gasteiger charge is 2.37. The Morgan fingerprint density at radius 3 is 2.42 bits per heavy atom. The second kappa shape index (κ2) is 10.5. The number of nitrogens with two attached hydrogens (primary N) is 1. The van der Waals surface area contributed by atoms with Gasteiger partial charge in [0.05, 0.1) is 37.1 Å². The van der Waals surface area contributed by atoms with Crippen molar-refractivity contribution in [3.63, 3.8) is 0 Å². The molecule has 0 amide bonds. The number of para-hydroxylation sites is 1. The second-order valence-corrected chi connectivity index (χ2v) is 8.53. The van der Waals surface area contributed by atoms with Crippen LogP contribution in [0.25, 0.3) is 22.5 Å². The van der Waals surface area contributed by atoms with Crippen molar-refractivity contribution in [1.29, 1.82) is 0 Å². The molecule has 1 fully saturated rings. The van der Waals surface area contributed by atoms with Crippen molar-refractivity contribution in [3.8, 4) is 28.3 Å². The van der Waals surface area contributed by atoms with Gasteiger partial charge in [-0.25, -0.2) is 15.0 Å². The highest BCUT2D eigenvalue weighted by atomic mass is 19.4. The SMILES string of the molecule is COc1cc(N2CCOCC2)ccc1-c1c(N)ncc(C(F)(F)F)c1Nc1ccccc1-c1ncccn1. The number of aromatic nitrogens is 3. The van der Waals surface area contributed by atoms with E-state index in [2.05, 4.69) is 25.2 Å². The molecule has 3 heterocycles. The summed E-state index contributed by atoms with van der Waals surface area (Å²) in [6, 6.07) is 13.8. The van der Waals surface area contributed by atoms with Crippen molar-refractivity contribution in [2.45, 2.75) is 6.18 Å². The molecule has 0 aliphatic carbocycles. The second-order valence-electron chi connectivity index (χ2n) is 8.53. The topological polar surface area (TPSA) is 98.4 Å². The largest absolute Gasteiger partial charge is 0.496 e. The third kappa shape index (κ3) is 5.05. The number of hydrogen-bond acceptors (Lipinski definition) is 8. The summed E-state index contributed by atoms with van der Waals surface area (Å²) in [4.78, 5) is 14.5. The van der Waals surface area contributed by atoms with Crippen molar-refractivity contribution in [2.75, 3.05) is 49.4 Å². The van der Waals surface area contributed by atoms with Gasteiger partial charge < -0.3 is 25.4 Å². The Bertz CT molecular complexity index is 1430. The summed E-state index contributed by atoms with van der Waals surface area (Å²) in [6.45, 7) is 2.57. The molecule has 38 heavy (non-hydrogen) atoms. The zero-order valence-electron chi connectivity index (χ0n) is 20.5. The first-order valence-electron chi connectivity index (χ1n) is 11.9. The zero-order valence-corrected chi connectivity index (χ0v) is 20.5. The number of rotatable bonds is 6. The molecule has 0 unspecified atom stereocenters. The molecule has 0 spiro atoms. The van der Waals surface area contributed by atoms with Crippen molar-refractivity contribution < 1.29 is 22.6 Å². The van der Waals surface area contributed by atoms with Crippen LogP contribution in [0.15, 0.2) is 67.1 Å². The summed E-state index contributed by atoms with van der Waals surface area (Å²) in [5.41, 5.74) is 7.25. The van der Waals surface area contributed by atoms with Gasteiger partial charge in [0, 0.05) is 60.2 Å². The molecule has 0 radical (unpaired) electrons. The monoisotopic (exact) mass is 522 g/mol. The number of ether oxygens (including phenoxy) is 2. The van der Waals surface area contributed by atoms with Gasteiger partial charge in [-0.3, -0.25) is 0 Å². The predicted molar refractivity (Wildman–Crippen MR) is 139 cm³/mol. The van der Waals surface area contributed by atoms with Gasteiger partial charge in [0.25, 0.3) is 0 Å². The van der Waals surface area contributed by atoms with Crippen molar-refractivity contribution in [1.82, 2.24) is 15.0 Å². The summed E-state index contributed by atoms with van der Waals surface area (Å²) in [5, 5.41) is 2.98. The molecular formula is C27H25F3N6O2. The van der Waals surface area contributed by atoms with Crippen LogP contribution in [0.4, 0.5) is 36.1 Å². The lowest BCUT2D eigenvalue weighted by molar-refractivity contribution is -0.137. The molecule has 1 aliphatic rings. The zero-order chi connectivity index (χ0) is 26.7. The number of nitrogens with one attached hydrogen (secondary N) is 1. The van der Waals surface area contributed by atoms with Gasteiger partial charge in [0.1, 0.15) is 11.6 Å². The number of halogens is 3. The van der Waals surface area contributed by atoms with Gasteiger partial charge in [-0.2, -0.15) is 13.2 Å². The molecule has 4 aromatic rings. The summed E-state index contributed by atoms with van der Waals surface area (Å²) >= 11 is 0. The fourth-order valence-electron chi connectivity index (χ4n) is 4.41. The van der Waals surface area contributed by atoms with E-state index in [0.29, 0.717) is 54.7 Å². The van der Waals surface area contributed by atoms with Crippen LogP contribution in [0.2, 0.25) is 0 Å². The number of benzene rings is 2. The number of hydrogen-bond donors (Lipinski definition) is 2. The summed E-state index contributed by atoms with van der Waals surface area (Å²) < 4.78 is 54.0. The lowest BCUT2D eigenvalue weighted by atomic mass is 9.98. The third-order valence-corrected chi connectivity index (χ3v) is 6.24. The predicted octanol–water partition coefficient (Wildman–Crippen LogP) is 5.40. The number of methoxy groups -OCH3 is 1. The van der Waals surface area contributed by atoms with E-state index >= 15 is 0 Å². The van der Waals surface area contributed by atoms with Crippen molar-refractivity contribution in [2.24, 2.45) is 0 Å². The van der Waals surface area contributed by atoms with E-state index in [9.17, 15) is 13.2 Å². The van der Waals surface area contributed by atoms with E-state index in [4.69, 9.17) is 15.2 Å². The highest BCUT2D eigenvalue weighted by Crippen LogP contribution is 2.47. The molecule has 2 aromatic carbocycles. The van der Waals surface area contributed by atoms with Crippen LogP contribution in [0.3, 0.4) is 0 Å². The van der Waals surface area contributed by atoms with Crippen LogP contribution < -0.4 is 20.7 Å². The third-order valence-electron chi connectivity index (χ3n) is 6.24. The smallest absolute Gasteiger partial charge is 0.419 e. The molecule has 5 rings (SSSR count). The standard InChI is InChI=1S/C27H25F3N6O2/c1-37-22-15-17(36-11-13-38-14-12-36)7-8-19(22)23-24(20(27(28,29)30)16-34-25(23)31)35-21-6-3-2-5-18(21)26-32-9-4-10-33-26/h2-10,15-16H,11-14H2,1H3,(H3,31,34,35). The van der Waals surface area contributed by atoms with E-state index in [1.807, 2.05) is 6.07 Å². The van der Waals surface area contributed by atoms with Crippen LogP contribution in [0.5, 0.6) is 5.75 Å². The van der Waals surface area contributed by atoms with E-state index in [-0.39, 0.29) is 17.1 Å². The minimum Gasteiger partial charge on any atom is -0.496 e. The Kier molecular flexibility index (Phi) is 7.01. The quantitative estimate of drug-likeness (QED) is 0.348. The maximum atomic E-state index is 14.3. The molecule has 3 N–H and O–H groups in total. The Morgan fingerprint density at radius 2 is 1.71 bits per heavy atom. The fourth-order valence-corrected chi connectivity index (χ4v) is 4.41. The van der Waals surface area contributed by atoms with Crippen LogP contribution in [0, 0.1) is 0 Å². The molecule has 0 saturated carbocycles. The number of pyridine rings is 1. The lowest BCUT2D eigenvalue weighted by Gasteiger charge is -2.29. The van der Waals surface area contributed by atoms with Gasteiger partial charge in [0.15, 0.2) is 5.82 Å². The number of alkyl halides is 3.